The average molecular weight is 419 g/mol. The van der Waals surface area contributed by atoms with Crippen LogP contribution < -0.4 is 15.0 Å². The van der Waals surface area contributed by atoms with Crippen LogP contribution in [0, 0.1) is 0 Å². The quantitative estimate of drug-likeness (QED) is 0.696. The third kappa shape index (κ3) is 6.37. The van der Waals surface area contributed by atoms with Gasteiger partial charge in [-0.15, -0.1) is 0 Å². The summed E-state index contributed by atoms with van der Waals surface area (Å²) in [5, 5.41) is 3.28. The first-order valence-electron chi connectivity index (χ1n) is 9.33. The molecule has 0 aromatic heterocycles. The van der Waals surface area contributed by atoms with Crippen molar-refractivity contribution in [1.82, 2.24) is 0 Å². The summed E-state index contributed by atoms with van der Waals surface area (Å²) in [5.74, 6) is -0.558. The molecule has 1 aliphatic rings. The number of halogens is 1. The van der Waals surface area contributed by atoms with E-state index in [4.69, 9.17) is 25.8 Å². The molecule has 0 bridgehead atoms. The number of morpholine rings is 1. The minimum absolute atomic E-state index is 0.391. The van der Waals surface area contributed by atoms with E-state index < -0.39 is 24.6 Å². The zero-order valence-corrected chi connectivity index (χ0v) is 16.9. The Morgan fingerprint density at radius 2 is 1.76 bits per heavy atom. The molecule has 2 aromatic carbocycles. The molecule has 29 heavy (non-hydrogen) atoms. The number of esters is 1. The topological polar surface area (TPSA) is 77.1 Å². The Kier molecular flexibility index (Phi) is 7.32. The summed E-state index contributed by atoms with van der Waals surface area (Å²) in [7, 11) is 0. The zero-order chi connectivity index (χ0) is 20.6. The Hall–Kier alpha value is -2.77. The molecule has 3 rings (SSSR count). The van der Waals surface area contributed by atoms with E-state index in [1.807, 2.05) is 24.3 Å². The summed E-state index contributed by atoms with van der Waals surface area (Å²) in [4.78, 5) is 26.3. The van der Waals surface area contributed by atoms with E-state index in [1.54, 1.807) is 31.2 Å². The van der Waals surface area contributed by atoms with Gasteiger partial charge in [0.2, 0.25) is 0 Å². The summed E-state index contributed by atoms with van der Waals surface area (Å²) in [6.07, 6.45) is -0.850. The number of carbonyl (C=O) groups excluding carboxylic acids is 2. The van der Waals surface area contributed by atoms with E-state index in [9.17, 15) is 9.59 Å². The molecule has 0 spiro atoms. The van der Waals surface area contributed by atoms with Crippen molar-refractivity contribution in [1.29, 1.82) is 0 Å². The highest BCUT2D eigenvalue weighted by atomic mass is 35.5. The largest absolute Gasteiger partial charge is 0.479 e. The van der Waals surface area contributed by atoms with Gasteiger partial charge in [0.15, 0.2) is 12.7 Å². The Balaban J connectivity index is 1.42. The smallest absolute Gasteiger partial charge is 0.347 e. The van der Waals surface area contributed by atoms with E-state index in [-0.39, 0.29) is 0 Å². The van der Waals surface area contributed by atoms with Gasteiger partial charge < -0.3 is 24.4 Å². The average Bonchev–Trinajstić information content (AvgIpc) is 2.75. The molecule has 1 atom stereocenters. The molecule has 1 fully saturated rings. The van der Waals surface area contributed by atoms with Crippen LogP contribution in [0.5, 0.6) is 5.75 Å². The van der Waals surface area contributed by atoms with Gasteiger partial charge in [0, 0.05) is 29.5 Å². The van der Waals surface area contributed by atoms with Crippen LogP contribution in [0.2, 0.25) is 5.02 Å². The minimum atomic E-state index is -0.850. The molecule has 2 aromatic rings. The van der Waals surface area contributed by atoms with Crippen LogP contribution in [0.3, 0.4) is 0 Å². The van der Waals surface area contributed by atoms with Crippen LogP contribution in [0.15, 0.2) is 48.5 Å². The van der Waals surface area contributed by atoms with Crippen molar-refractivity contribution in [3.8, 4) is 5.75 Å². The number of amides is 1. The Morgan fingerprint density at radius 3 is 2.41 bits per heavy atom. The Bertz CT molecular complexity index is 820. The number of nitrogens with zero attached hydrogens (tertiary/aromatic N) is 1. The molecule has 0 radical (unpaired) electrons. The first-order valence-corrected chi connectivity index (χ1v) is 9.70. The van der Waals surface area contributed by atoms with Crippen molar-refractivity contribution in [2.45, 2.75) is 13.0 Å². The SMILES string of the molecule is C[C@H](Oc1ccc(Cl)cc1)C(=O)OCC(=O)Nc1ccc(N2CCOCC2)cc1. The number of nitrogens with one attached hydrogen (secondary N) is 1. The molecule has 1 aliphatic heterocycles. The van der Waals surface area contributed by atoms with Crippen molar-refractivity contribution in [2.24, 2.45) is 0 Å². The monoisotopic (exact) mass is 418 g/mol. The van der Waals surface area contributed by atoms with Crippen LogP contribution in [0.25, 0.3) is 0 Å². The number of hydrogen-bond donors (Lipinski definition) is 1. The van der Waals surface area contributed by atoms with E-state index in [1.165, 1.54) is 0 Å². The molecule has 7 nitrogen and oxygen atoms in total. The number of benzene rings is 2. The molecular formula is C21H23ClN2O5. The van der Waals surface area contributed by atoms with Gasteiger partial charge in [-0.2, -0.15) is 0 Å². The molecule has 0 saturated carbocycles. The van der Waals surface area contributed by atoms with E-state index in [0.717, 1.165) is 18.8 Å². The summed E-state index contributed by atoms with van der Waals surface area (Å²) in [5.41, 5.74) is 1.71. The number of carbonyl (C=O) groups is 2. The molecule has 1 N–H and O–H groups in total. The van der Waals surface area contributed by atoms with Crippen molar-refractivity contribution in [2.75, 3.05) is 43.1 Å². The Morgan fingerprint density at radius 1 is 1.10 bits per heavy atom. The number of anilines is 2. The van der Waals surface area contributed by atoms with Gasteiger partial charge in [-0.25, -0.2) is 4.79 Å². The van der Waals surface area contributed by atoms with Crippen LogP contribution >= 0.6 is 11.6 Å². The van der Waals surface area contributed by atoms with Crippen LogP contribution in [-0.2, 0) is 19.1 Å². The first kappa shape index (κ1) is 21.0. The molecule has 0 unspecified atom stereocenters. The molecule has 154 valence electrons. The first-order chi connectivity index (χ1) is 14.0. The highest BCUT2D eigenvalue weighted by Gasteiger charge is 2.18. The lowest BCUT2D eigenvalue weighted by molar-refractivity contribution is -0.153. The summed E-state index contributed by atoms with van der Waals surface area (Å²) >= 11 is 5.81. The third-order valence-corrected chi connectivity index (χ3v) is 4.58. The fraction of sp³-hybridized carbons (Fsp3) is 0.333. The lowest BCUT2D eigenvalue weighted by Crippen LogP contribution is -2.36. The fourth-order valence-electron chi connectivity index (χ4n) is 2.79. The second kappa shape index (κ2) is 10.1. The van der Waals surface area contributed by atoms with Gasteiger partial charge in [-0.05, 0) is 55.5 Å². The maximum Gasteiger partial charge on any atom is 0.347 e. The number of hydrogen-bond acceptors (Lipinski definition) is 6. The lowest BCUT2D eigenvalue weighted by atomic mass is 10.2. The third-order valence-electron chi connectivity index (χ3n) is 4.33. The highest BCUT2D eigenvalue weighted by molar-refractivity contribution is 6.30. The van der Waals surface area contributed by atoms with Crippen molar-refractivity contribution < 1.29 is 23.8 Å². The normalized spacial score (nSPS) is 14.8. The molecular weight excluding hydrogens is 396 g/mol. The fourth-order valence-corrected chi connectivity index (χ4v) is 2.92. The Labute approximate surface area is 174 Å². The van der Waals surface area contributed by atoms with Gasteiger partial charge in [0.05, 0.1) is 13.2 Å². The van der Waals surface area contributed by atoms with E-state index >= 15 is 0 Å². The van der Waals surface area contributed by atoms with Gasteiger partial charge in [0.1, 0.15) is 5.75 Å². The van der Waals surface area contributed by atoms with Crippen molar-refractivity contribution in [3.05, 3.63) is 53.6 Å². The predicted octanol–water partition coefficient (Wildman–Crippen LogP) is 3.13. The maximum absolute atomic E-state index is 12.1. The van der Waals surface area contributed by atoms with Crippen LogP contribution in [-0.4, -0.2) is 50.9 Å². The second-order valence-corrected chi connectivity index (χ2v) is 6.95. The lowest BCUT2D eigenvalue weighted by Gasteiger charge is -2.28. The zero-order valence-electron chi connectivity index (χ0n) is 16.1. The number of rotatable bonds is 7. The number of ether oxygens (including phenoxy) is 3. The minimum Gasteiger partial charge on any atom is -0.479 e. The van der Waals surface area contributed by atoms with Gasteiger partial charge >= 0.3 is 5.97 Å². The second-order valence-electron chi connectivity index (χ2n) is 6.52. The van der Waals surface area contributed by atoms with Crippen molar-refractivity contribution >= 4 is 34.9 Å². The summed E-state index contributed by atoms with van der Waals surface area (Å²) in [6.45, 7) is 4.28. The molecule has 1 saturated heterocycles. The van der Waals surface area contributed by atoms with Crippen LogP contribution in [0.1, 0.15) is 6.92 Å². The summed E-state index contributed by atoms with van der Waals surface area (Å²) < 4.78 is 15.8. The standard InChI is InChI=1S/C21H23ClN2O5/c1-15(29-19-8-2-16(22)3-9-19)21(26)28-14-20(25)23-17-4-6-18(7-5-17)24-10-12-27-13-11-24/h2-9,15H,10-14H2,1H3,(H,23,25)/t15-/m0/s1. The van der Waals surface area contributed by atoms with E-state index in [2.05, 4.69) is 10.2 Å². The maximum atomic E-state index is 12.1. The molecule has 0 aliphatic carbocycles. The molecule has 1 amide bonds. The van der Waals surface area contributed by atoms with Gasteiger partial charge in [-0.1, -0.05) is 11.6 Å². The predicted molar refractivity (Wildman–Crippen MR) is 111 cm³/mol. The summed E-state index contributed by atoms with van der Waals surface area (Å²) in [6, 6.07) is 14.1. The van der Waals surface area contributed by atoms with Crippen LogP contribution in [0.4, 0.5) is 11.4 Å². The molecule has 8 heteroatoms. The molecule has 1 heterocycles. The highest BCUT2D eigenvalue weighted by Crippen LogP contribution is 2.19. The van der Waals surface area contributed by atoms with Gasteiger partial charge in [0.25, 0.3) is 5.91 Å². The van der Waals surface area contributed by atoms with Gasteiger partial charge in [-0.3, -0.25) is 4.79 Å². The van der Waals surface area contributed by atoms with Crippen molar-refractivity contribution in [3.63, 3.8) is 0 Å². The van der Waals surface area contributed by atoms with E-state index in [0.29, 0.717) is 29.7 Å².